The van der Waals surface area contributed by atoms with Crippen LogP contribution in [0.3, 0.4) is 0 Å². The van der Waals surface area contributed by atoms with Crippen LogP contribution in [-0.2, 0) is 4.74 Å². The molecule has 0 saturated carbocycles. The first kappa shape index (κ1) is 17.2. The summed E-state index contributed by atoms with van der Waals surface area (Å²) in [7, 11) is 0. The van der Waals surface area contributed by atoms with Gasteiger partial charge >= 0.3 is 0 Å². The third-order valence-electron chi connectivity index (χ3n) is 5.41. The normalized spacial score (nSPS) is 33.4. The Morgan fingerprint density at radius 1 is 1.14 bits per heavy atom. The molecule has 0 bridgehead atoms. The summed E-state index contributed by atoms with van der Waals surface area (Å²) in [5.74, 6) is 1.01. The molecule has 0 aromatic heterocycles. The van der Waals surface area contributed by atoms with Crippen molar-refractivity contribution < 1.29 is 9.84 Å². The van der Waals surface area contributed by atoms with Crippen molar-refractivity contribution in [3.63, 3.8) is 0 Å². The van der Waals surface area contributed by atoms with Gasteiger partial charge < -0.3 is 20.1 Å². The number of hydrogen-bond donors (Lipinski definition) is 2. The highest BCUT2D eigenvalue weighted by molar-refractivity contribution is 5.06. The first-order chi connectivity index (χ1) is 9.80. The lowest BCUT2D eigenvalue weighted by Crippen LogP contribution is -2.51. The lowest BCUT2D eigenvalue weighted by atomic mass is 9.81. The maximum Gasteiger partial charge on any atom is 0.0790 e. The standard InChI is InChI=1S/C17H34N2O2/c1-6-18-15-14(16(2,3)21-17(15,4)5)11-19-9-7-13(12-20)8-10-19/h13-15,18,20H,6-12H2,1-5H3. The van der Waals surface area contributed by atoms with E-state index in [0.29, 0.717) is 24.5 Å². The van der Waals surface area contributed by atoms with Gasteiger partial charge in [0.1, 0.15) is 0 Å². The van der Waals surface area contributed by atoms with Crippen molar-refractivity contribution in [1.29, 1.82) is 0 Å². The Labute approximate surface area is 130 Å². The van der Waals surface area contributed by atoms with Crippen molar-refractivity contribution in [1.82, 2.24) is 10.2 Å². The van der Waals surface area contributed by atoms with E-state index in [0.717, 1.165) is 39.0 Å². The summed E-state index contributed by atoms with van der Waals surface area (Å²) in [4.78, 5) is 2.56. The van der Waals surface area contributed by atoms with E-state index in [1.165, 1.54) is 0 Å². The minimum atomic E-state index is -0.117. The summed E-state index contributed by atoms with van der Waals surface area (Å²) in [6.07, 6.45) is 2.25. The molecule has 0 radical (unpaired) electrons. The third kappa shape index (κ3) is 3.79. The predicted molar refractivity (Wildman–Crippen MR) is 86.4 cm³/mol. The van der Waals surface area contributed by atoms with Gasteiger partial charge in [-0.05, 0) is 66.1 Å². The molecule has 2 rings (SSSR count). The van der Waals surface area contributed by atoms with Crippen LogP contribution in [0.15, 0.2) is 0 Å². The second-order valence-electron chi connectivity index (χ2n) is 7.88. The molecule has 2 aliphatic heterocycles. The number of nitrogens with one attached hydrogen (secondary N) is 1. The van der Waals surface area contributed by atoms with Gasteiger partial charge in [-0.3, -0.25) is 0 Å². The van der Waals surface area contributed by atoms with Gasteiger partial charge in [-0.2, -0.15) is 0 Å². The minimum absolute atomic E-state index is 0.0931. The molecule has 0 aliphatic carbocycles. The quantitative estimate of drug-likeness (QED) is 0.813. The average molecular weight is 298 g/mol. The Morgan fingerprint density at radius 2 is 1.76 bits per heavy atom. The van der Waals surface area contributed by atoms with Gasteiger partial charge in [0.2, 0.25) is 0 Å². The first-order valence-corrected chi connectivity index (χ1v) is 8.57. The van der Waals surface area contributed by atoms with Crippen molar-refractivity contribution in [2.24, 2.45) is 11.8 Å². The number of likely N-dealkylation sites (tertiary alicyclic amines) is 1. The van der Waals surface area contributed by atoms with E-state index in [-0.39, 0.29) is 11.2 Å². The number of aliphatic hydroxyl groups excluding tert-OH is 1. The van der Waals surface area contributed by atoms with Crippen LogP contribution in [0.5, 0.6) is 0 Å². The summed E-state index contributed by atoms with van der Waals surface area (Å²) in [5.41, 5.74) is -0.211. The lowest BCUT2D eigenvalue weighted by molar-refractivity contribution is -0.0801. The molecule has 2 saturated heterocycles. The van der Waals surface area contributed by atoms with Crippen LogP contribution in [0.4, 0.5) is 0 Å². The van der Waals surface area contributed by atoms with E-state index in [4.69, 9.17) is 4.74 Å². The highest BCUT2D eigenvalue weighted by atomic mass is 16.5. The minimum Gasteiger partial charge on any atom is -0.396 e. The average Bonchev–Trinajstić information content (AvgIpc) is 2.58. The van der Waals surface area contributed by atoms with E-state index in [1.54, 1.807) is 0 Å². The summed E-state index contributed by atoms with van der Waals surface area (Å²) in [6.45, 7) is 15.7. The summed E-state index contributed by atoms with van der Waals surface area (Å²) in [6, 6.07) is 0.396. The Bertz CT molecular complexity index is 336. The van der Waals surface area contributed by atoms with Gasteiger partial charge in [-0.25, -0.2) is 0 Å². The molecule has 2 aliphatic rings. The number of piperidine rings is 1. The monoisotopic (exact) mass is 298 g/mol. The molecule has 0 spiro atoms. The molecule has 4 nitrogen and oxygen atoms in total. The van der Waals surface area contributed by atoms with Crippen LogP contribution >= 0.6 is 0 Å². The summed E-state index contributed by atoms with van der Waals surface area (Å²) >= 11 is 0. The van der Waals surface area contributed by atoms with Gasteiger partial charge in [0.15, 0.2) is 0 Å². The maximum absolute atomic E-state index is 9.28. The molecule has 2 fully saturated rings. The van der Waals surface area contributed by atoms with Gasteiger partial charge in [0.05, 0.1) is 11.2 Å². The van der Waals surface area contributed by atoms with E-state index in [1.807, 2.05) is 0 Å². The largest absolute Gasteiger partial charge is 0.396 e. The molecule has 2 atom stereocenters. The number of likely N-dealkylation sites (N-methyl/N-ethyl adjacent to an activating group) is 1. The number of rotatable bonds is 5. The Hall–Kier alpha value is -0.160. The van der Waals surface area contributed by atoms with Crippen LogP contribution in [0.25, 0.3) is 0 Å². The fourth-order valence-electron chi connectivity index (χ4n) is 4.27. The van der Waals surface area contributed by atoms with E-state index < -0.39 is 0 Å². The number of ether oxygens (including phenoxy) is 1. The third-order valence-corrected chi connectivity index (χ3v) is 5.41. The van der Waals surface area contributed by atoms with Crippen molar-refractivity contribution in [3.05, 3.63) is 0 Å². The van der Waals surface area contributed by atoms with Crippen molar-refractivity contribution in [3.8, 4) is 0 Å². The zero-order valence-electron chi connectivity index (χ0n) is 14.5. The first-order valence-electron chi connectivity index (χ1n) is 8.57. The Morgan fingerprint density at radius 3 is 2.29 bits per heavy atom. The van der Waals surface area contributed by atoms with Crippen molar-refractivity contribution in [2.45, 2.75) is 64.7 Å². The summed E-state index contributed by atoms with van der Waals surface area (Å²) < 4.78 is 6.37. The van der Waals surface area contributed by atoms with E-state index in [2.05, 4.69) is 44.8 Å². The maximum atomic E-state index is 9.28. The molecule has 2 unspecified atom stereocenters. The van der Waals surface area contributed by atoms with Gasteiger partial charge in [-0.15, -0.1) is 0 Å². The molecule has 124 valence electrons. The predicted octanol–water partition coefficient (Wildman–Crippen LogP) is 1.87. The molecule has 4 heteroatoms. The SMILES string of the molecule is CCNC1C(CN2CCC(CO)CC2)C(C)(C)OC1(C)C. The highest BCUT2D eigenvalue weighted by Gasteiger charge is 2.53. The smallest absolute Gasteiger partial charge is 0.0790 e. The fourth-order valence-corrected chi connectivity index (χ4v) is 4.27. The topological polar surface area (TPSA) is 44.7 Å². The number of aliphatic hydroxyl groups is 1. The molecule has 0 amide bonds. The number of nitrogens with zero attached hydrogens (tertiary/aromatic N) is 1. The molecular formula is C17H34N2O2. The second kappa shape index (κ2) is 6.53. The van der Waals surface area contributed by atoms with Crippen LogP contribution in [0, 0.1) is 11.8 Å². The van der Waals surface area contributed by atoms with Crippen LogP contribution in [0.2, 0.25) is 0 Å². The Balaban J connectivity index is 2.02. The summed E-state index contributed by atoms with van der Waals surface area (Å²) in [5, 5.41) is 12.9. The second-order valence-corrected chi connectivity index (χ2v) is 7.88. The molecular weight excluding hydrogens is 264 g/mol. The van der Waals surface area contributed by atoms with E-state index >= 15 is 0 Å². The fraction of sp³-hybridized carbons (Fsp3) is 1.00. The lowest BCUT2D eigenvalue weighted by Gasteiger charge is -2.37. The highest BCUT2D eigenvalue weighted by Crippen LogP contribution is 2.42. The molecule has 0 aromatic rings. The number of hydrogen-bond acceptors (Lipinski definition) is 4. The molecule has 2 heterocycles. The zero-order valence-corrected chi connectivity index (χ0v) is 14.5. The molecule has 21 heavy (non-hydrogen) atoms. The zero-order chi connectivity index (χ0) is 15.7. The van der Waals surface area contributed by atoms with Gasteiger partial charge in [0, 0.05) is 25.1 Å². The van der Waals surface area contributed by atoms with Crippen LogP contribution < -0.4 is 5.32 Å². The van der Waals surface area contributed by atoms with E-state index in [9.17, 15) is 5.11 Å². The molecule has 2 N–H and O–H groups in total. The van der Waals surface area contributed by atoms with Crippen LogP contribution in [-0.4, -0.2) is 60.0 Å². The van der Waals surface area contributed by atoms with Crippen molar-refractivity contribution in [2.75, 3.05) is 32.8 Å². The van der Waals surface area contributed by atoms with Gasteiger partial charge in [0.25, 0.3) is 0 Å². The molecule has 0 aromatic carbocycles. The van der Waals surface area contributed by atoms with Gasteiger partial charge in [-0.1, -0.05) is 6.92 Å². The Kier molecular flexibility index (Phi) is 5.35. The van der Waals surface area contributed by atoms with Crippen molar-refractivity contribution >= 4 is 0 Å². The van der Waals surface area contributed by atoms with Crippen LogP contribution in [0.1, 0.15) is 47.5 Å².